The number of benzene rings is 1. The molecule has 0 bridgehead atoms. The molecule has 1 atom stereocenters. The van der Waals surface area contributed by atoms with Crippen LogP contribution in [0, 0.1) is 0 Å². The van der Waals surface area contributed by atoms with Crippen LogP contribution in [0.25, 0.3) is 10.7 Å². The number of nitrogens with two attached hydrogens (primary N) is 1. The van der Waals surface area contributed by atoms with Gasteiger partial charge in [0.1, 0.15) is 12.1 Å². The Hall–Kier alpha value is -3.53. The third-order valence-corrected chi connectivity index (χ3v) is 6.56. The zero-order chi connectivity index (χ0) is 29.8. The van der Waals surface area contributed by atoms with Gasteiger partial charge in [0, 0.05) is 7.11 Å². The fourth-order valence-corrected chi connectivity index (χ4v) is 4.38. The van der Waals surface area contributed by atoms with E-state index in [1.165, 1.54) is 25.5 Å². The summed E-state index contributed by atoms with van der Waals surface area (Å²) < 4.78 is 52.3. The first-order valence-electron chi connectivity index (χ1n) is 11.6. The molecule has 0 radical (unpaired) electrons. The molecule has 0 fully saturated rings. The number of carbonyl (C=O) groups is 3. The van der Waals surface area contributed by atoms with Gasteiger partial charge in [0.15, 0.2) is 11.9 Å². The Kier molecular flexibility index (Phi) is 9.56. The summed E-state index contributed by atoms with van der Waals surface area (Å²) >= 11 is 7.15. The Morgan fingerprint density at radius 3 is 2.48 bits per heavy atom. The lowest BCUT2D eigenvalue weighted by Crippen LogP contribution is -2.46. The van der Waals surface area contributed by atoms with E-state index in [0.717, 1.165) is 34.2 Å². The average Bonchev–Trinajstić information content (AvgIpc) is 3.42. The van der Waals surface area contributed by atoms with Crippen molar-refractivity contribution in [2.75, 3.05) is 13.7 Å². The number of amides is 1. The van der Waals surface area contributed by atoms with Crippen molar-refractivity contribution >= 4 is 40.8 Å². The standard InChI is InChI=1S/C24H25ClF3N5O6S/c1-23(2,29)21(36)39-20(35)18(13-5-4-6-14(11-13)24(26,27)28)30-17(34)12-33-22(37)32(9-10-38-3)19(31-33)15-7-8-16(25)40-15/h4-8,11,18H,9-10,12,29H2,1-3H3,(H,30,34). The Morgan fingerprint density at radius 1 is 1.20 bits per heavy atom. The van der Waals surface area contributed by atoms with Gasteiger partial charge in [0.05, 0.1) is 27.9 Å². The molecule has 3 N–H and O–H groups in total. The number of nitrogens with zero attached hydrogens (tertiary/aromatic N) is 3. The van der Waals surface area contributed by atoms with E-state index in [-0.39, 0.29) is 24.5 Å². The molecule has 2 aromatic heterocycles. The molecule has 40 heavy (non-hydrogen) atoms. The highest BCUT2D eigenvalue weighted by Gasteiger charge is 2.35. The van der Waals surface area contributed by atoms with Gasteiger partial charge in [0.25, 0.3) is 0 Å². The summed E-state index contributed by atoms with van der Waals surface area (Å²) in [5.41, 5.74) is 1.92. The van der Waals surface area contributed by atoms with Crippen molar-refractivity contribution in [3.63, 3.8) is 0 Å². The van der Waals surface area contributed by atoms with Crippen LogP contribution in [0.15, 0.2) is 41.2 Å². The Bertz CT molecular complexity index is 1460. The van der Waals surface area contributed by atoms with E-state index in [9.17, 15) is 32.3 Å². The fourth-order valence-electron chi connectivity index (χ4n) is 3.34. The van der Waals surface area contributed by atoms with Crippen LogP contribution in [-0.4, -0.2) is 51.4 Å². The van der Waals surface area contributed by atoms with Crippen molar-refractivity contribution in [1.29, 1.82) is 0 Å². The van der Waals surface area contributed by atoms with E-state index in [4.69, 9.17) is 26.8 Å². The van der Waals surface area contributed by atoms with Gasteiger partial charge in [0.2, 0.25) is 5.91 Å². The minimum absolute atomic E-state index is 0.0952. The van der Waals surface area contributed by atoms with Crippen LogP contribution in [0.2, 0.25) is 4.34 Å². The number of halogens is 4. The number of rotatable bonds is 10. The SMILES string of the molecule is COCCn1c(-c2ccc(Cl)s2)nn(CC(=O)NC(C(=O)OC(=O)C(C)(C)N)c2cccc(C(F)(F)F)c2)c1=O. The molecular formula is C24H25ClF3N5O6S. The second-order valence-corrected chi connectivity index (χ2v) is 10.8. The Labute approximate surface area is 234 Å². The number of hydrogen-bond donors (Lipinski definition) is 2. The summed E-state index contributed by atoms with van der Waals surface area (Å²) in [5.74, 6) is -3.32. The zero-order valence-corrected chi connectivity index (χ0v) is 23.0. The van der Waals surface area contributed by atoms with E-state index >= 15 is 0 Å². The summed E-state index contributed by atoms with van der Waals surface area (Å²) in [6.45, 7) is 2.04. The molecule has 1 unspecified atom stereocenters. The summed E-state index contributed by atoms with van der Waals surface area (Å²) in [6.07, 6.45) is -4.76. The molecule has 11 nitrogen and oxygen atoms in total. The van der Waals surface area contributed by atoms with Gasteiger partial charge in [-0.05, 0) is 43.7 Å². The topological polar surface area (TPSA) is 148 Å². The highest BCUT2D eigenvalue weighted by molar-refractivity contribution is 7.19. The van der Waals surface area contributed by atoms with Gasteiger partial charge in [-0.2, -0.15) is 13.2 Å². The number of esters is 2. The molecule has 3 rings (SSSR count). The van der Waals surface area contributed by atoms with Crippen LogP contribution in [0.3, 0.4) is 0 Å². The van der Waals surface area contributed by atoms with Crippen LogP contribution in [0.5, 0.6) is 0 Å². The fraction of sp³-hybridized carbons (Fsp3) is 0.375. The number of aromatic nitrogens is 3. The molecule has 0 aliphatic carbocycles. The number of thiophene rings is 1. The van der Waals surface area contributed by atoms with Gasteiger partial charge in [-0.15, -0.1) is 16.4 Å². The molecule has 216 valence electrons. The van der Waals surface area contributed by atoms with Gasteiger partial charge < -0.3 is 20.5 Å². The van der Waals surface area contributed by atoms with Gasteiger partial charge >= 0.3 is 23.8 Å². The summed E-state index contributed by atoms with van der Waals surface area (Å²) in [7, 11) is 1.44. The predicted molar refractivity (Wildman–Crippen MR) is 138 cm³/mol. The molecule has 2 heterocycles. The Balaban J connectivity index is 1.94. The van der Waals surface area contributed by atoms with Crippen molar-refractivity contribution in [3.8, 4) is 10.7 Å². The number of nitrogens with one attached hydrogen (secondary N) is 1. The van der Waals surface area contributed by atoms with Gasteiger partial charge in [-0.3, -0.25) is 9.36 Å². The summed E-state index contributed by atoms with van der Waals surface area (Å²) in [5, 5.41) is 6.44. The molecule has 0 aliphatic rings. The number of carbonyl (C=O) groups excluding carboxylic acids is 3. The molecule has 0 spiro atoms. The average molecular weight is 604 g/mol. The third kappa shape index (κ3) is 7.56. The maximum absolute atomic E-state index is 13.3. The molecule has 3 aromatic rings. The maximum atomic E-state index is 13.3. The van der Waals surface area contributed by atoms with Crippen molar-refractivity contribution in [1.82, 2.24) is 19.7 Å². The number of ether oxygens (including phenoxy) is 2. The highest BCUT2D eigenvalue weighted by atomic mass is 35.5. The number of hydrogen-bond acceptors (Lipinski definition) is 9. The lowest BCUT2D eigenvalue weighted by atomic mass is 10.0. The molecule has 0 aliphatic heterocycles. The Morgan fingerprint density at radius 2 is 1.90 bits per heavy atom. The van der Waals surface area contributed by atoms with Gasteiger partial charge in [-0.1, -0.05) is 23.7 Å². The zero-order valence-electron chi connectivity index (χ0n) is 21.5. The van der Waals surface area contributed by atoms with Gasteiger partial charge in [-0.25, -0.2) is 19.1 Å². The first kappa shape index (κ1) is 31.0. The van der Waals surface area contributed by atoms with Crippen LogP contribution >= 0.6 is 22.9 Å². The first-order valence-corrected chi connectivity index (χ1v) is 12.7. The third-order valence-electron chi connectivity index (χ3n) is 5.34. The molecule has 1 aromatic carbocycles. The van der Waals surface area contributed by atoms with E-state index in [1.807, 2.05) is 0 Å². The van der Waals surface area contributed by atoms with E-state index in [1.54, 1.807) is 12.1 Å². The lowest BCUT2D eigenvalue weighted by molar-refractivity contribution is -0.165. The minimum Gasteiger partial charge on any atom is -0.390 e. The normalized spacial score (nSPS) is 12.7. The first-order chi connectivity index (χ1) is 18.6. The summed E-state index contributed by atoms with van der Waals surface area (Å²) in [4.78, 5) is 51.6. The maximum Gasteiger partial charge on any atom is 0.416 e. The quantitative estimate of drug-likeness (QED) is 0.266. The molecule has 16 heteroatoms. The van der Waals surface area contributed by atoms with Crippen molar-refractivity contribution in [3.05, 3.63) is 62.3 Å². The van der Waals surface area contributed by atoms with Crippen LogP contribution in [-0.2, 0) is 43.1 Å². The summed E-state index contributed by atoms with van der Waals surface area (Å²) in [6, 6.07) is 4.97. The van der Waals surface area contributed by atoms with E-state index < -0.39 is 53.4 Å². The molecular weight excluding hydrogens is 579 g/mol. The smallest absolute Gasteiger partial charge is 0.390 e. The monoisotopic (exact) mass is 603 g/mol. The second kappa shape index (κ2) is 12.3. The number of alkyl halides is 3. The minimum atomic E-state index is -4.76. The van der Waals surface area contributed by atoms with E-state index in [0.29, 0.717) is 15.3 Å². The molecule has 1 amide bonds. The van der Waals surface area contributed by atoms with Crippen molar-refractivity contribution < 1.29 is 37.0 Å². The molecule has 0 saturated heterocycles. The van der Waals surface area contributed by atoms with Crippen molar-refractivity contribution in [2.45, 2.75) is 44.7 Å². The van der Waals surface area contributed by atoms with Crippen LogP contribution in [0.1, 0.15) is 31.0 Å². The van der Waals surface area contributed by atoms with Crippen LogP contribution in [0.4, 0.5) is 13.2 Å². The second-order valence-electron chi connectivity index (χ2n) is 9.07. The lowest BCUT2D eigenvalue weighted by Gasteiger charge is -2.21. The molecule has 0 saturated carbocycles. The largest absolute Gasteiger partial charge is 0.416 e. The highest BCUT2D eigenvalue weighted by Crippen LogP contribution is 2.31. The van der Waals surface area contributed by atoms with Crippen LogP contribution < -0.4 is 16.7 Å². The van der Waals surface area contributed by atoms with E-state index in [2.05, 4.69) is 10.4 Å². The predicted octanol–water partition coefficient (Wildman–Crippen LogP) is 2.76. The van der Waals surface area contributed by atoms with Crippen molar-refractivity contribution in [2.24, 2.45) is 5.73 Å². The number of methoxy groups -OCH3 is 1.